The average molecular weight is 303 g/mol. The van der Waals surface area contributed by atoms with Crippen LogP contribution in [0, 0.1) is 11.6 Å². The third kappa shape index (κ3) is 3.91. The summed E-state index contributed by atoms with van der Waals surface area (Å²) in [4.78, 5) is 13.8. The summed E-state index contributed by atoms with van der Waals surface area (Å²) in [5, 5.41) is 0. The molecule has 2 nitrogen and oxygen atoms in total. The fourth-order valence-corrected chi connectivity index (χ4v) is 2.28. The lowest BCUT2D eigenvalue weighted by atomic mass is 10.1. The predicted molar refractivity (Wildman–Crippen MR) is 82.3 cm³/mol. The Hall–Kier alpha value is -2.23. The van der Waals surface area contributed by atoms with E-state index in [0.29, 0.717) is 18.4 Å². The van der Waals surface area contributed by atoms with Gasteiger partial charge in [-0.2, -0.15) is 0 Å². The molecule has 0 aliphatic carbocycles. The molecular weight excluding hydrogens is 284 g/mol. The number of hydrogen-bond donors (Lipinski definition) is 0. The minimum absolute atomic E-state index is 0.0268. The summed E-state index contributed by atoms with van der Waals surface area (Å²) in [6, 6.07) is 13.2. The molecule has 0 bridgehead atoms. The van der Waals surface area contributed by atoms with Crippen molar-refractivity contribution in [1.29, 1.82) is 0 Å². The van der Waals surface area contributed by atoms with Crippen LogP contribution < -0.4 is 0 Å². The lowest BCUT2D eigenvalue weighted by molar-refractivity contribution is -0.131. The van der Waals surface area contributed by atoms with E-state index >= 15 is 0 Å². The Morgan fingerprint density at radius 3 is 2.41 bits per heavy atom. The molecular formula is C18H19F2NO. The van der Waals surface area contributed by atoms with Gasteiger partial charge in [0.15, 0.2) is 11.6 Å². The van der Waals surface area contributed by atoms with Crippen molar-refractivity contribution in [3.8, 4) is 0 Å². The standard InChI is InChI=1S/C18H19F2NO/c1-13(15-9-10-16(19)17(20)12-15)21(2)18(22)11-8-14-6-4-3-5-7-14/h3-7,9-10,12-13H,8,11H2,1-2H3. The molecule has 0 heterocycles. The SMILES string of the molecule is CC(c1ccc(F)c(F)c1)N(C)C(=O)CCc1ccccc1. The van der Waals surface area contributed by atoms with Crippen molar-refractivity contribution >= 4 is 5.91 Å². The van der Waals surface area contributed by atoms with Crippen molar-refractivity contribution in [3.05, 3.63) is 71.3 Å². The van der Waals surface area contributed by atoms with Crippen LogP contribution >= 0.6 is 0 Å². The van der Waals surface area contributed by atoms with Crippen LogP contribution in [0.25, 0.3) is 0 Å². The Kier molecular flexibility index (Phi) is 5.26. The molecule has 0 aromatic heterocycles. The number of hydrogen-bond acceptors (Lipinski definition) is 1. The molecule has 22 heavy (non-hydrogen) atoms. The largest absolute Gasteiger partial charge is 0.339 e. The first-order valence-electron chi connectivity index (χ1n) is 7.23. The molecule has 0 spiro atoms. The second-order valence-corrected chi connectivity index (χ2v) is 5.34. The minimum Gasteiger partial charge on any atom is -0.339 e. The monoisotopic (exact) mass is 303 g/mol. The van der Waals surface area contributed by atoms with E-state index in [9.17, 15) is 13.6 Å². The molecule has 4 heteroatoms. The average Bonchev–Trinajstić information content (AvgIpc) is 2.54. The van der Waals surface area contributed by atoms with Gasteiger partial charge in [-0.25, -0.2) is 8.78 Å². The lowest BCUT2D eigenvalue weighted by Gasteiger charge is -2.25. The van der Waals surface area contributed by atoms with Gasteiger partial charge in [0.25, 0.3) is 0 Å². The molecule has 0 fully saturated rings. The molecule has 0 aliphatic heterocycles. The highest BCUT2D eigenvalue weighted by Gasteiger charge is 2.18. The number of amides is 1. The number of benzene rings is 2. The minimum atomic E-state index is -0.894. The van der Waals surface area contributed by atoms with E-state index < -0.39 is 11.6 Å². The number of halogens is 2. The number of nitrogens with zero attached hydrogens (tertiary/aromatic N) is 1. The Balaban J connectivity index is 1.98. The van der Waals surface area contributed by atoms with Gasteiger partial charge in [0.05, 0.1) is 6.04 Å². The van der Waals surface area contributed by atoms with Gasteiger partial charge in [0, 0.05) is 13.5 Å². The van der Waals surface area contributed by atoms with Gasteiger partial charge in [-0.15, -0.1) is 0 Å². The fraction of sp³-hybridized carbons (Fsp3) is 0.278. The maximum atomic E-state index is 13.3. The summed E-state index contributed by atoms with van der Waals surface area (Å²) in [6.07, 6.45) is 1.04. The van der Waals surface area contributed by atoms with Crippen LogP contribution in [0.15, 0.2) is 48.5 Å². The molecule has 1 atom stereocenters. The van der Waals surface area contributed by atoms with Gasteiger partial charge < -0.3 is 4.90 Å². The third-order valence-corrected chi connectivity index (χ3v) is 3.87. The maximum Gasteiger partial charge on any atom is 0.223 e. The molecule has 2 aromatic rings. The van der Waals surface area contributed by atoms with E-state index in [1.165, 1.54) is 6.07 Å². The molecule has 1 amide bonds. The summed E-state index contributed by atoms with van der Waals surface area (Å²) < 4.78 is 26.3. The van der Waals surface area contributed by atoms with Gasteiger partial charge in [-0.3, -0.25) is 4.79 Å². The topological polar surface area (TPSA) is 20.3 Å². The fourth-order valence-electron chi connectivity index (χ4n) is 2.28. The van der Waals surface area contributed by atoms with Gasteiger partial charge in [0.2, 0.25) is 5.91 Å². The van der Waals surface area contributed by atoms with Crippen LogP contribution in [0.4, 0.5) is 8.78 Å². The smallest absolute Gasteiger partial charge is 0.223 e. The van der Waals surface area contributed by atoms with Gasteiger partial charge >= 0.3 is 0 Å². The zero-order chi connectivity index (χ0) is 16.1. The predicted octanol–water partition coefficient (Wildman–Crippen LogP) is 4.12. The van der Waals surface area contributed by atoms with Crippen molar-refractivity contribution in [1.82, 2.24) is 4.90 Å². The van der Waals surface area contributed by atoms with Crippen LogP contribution in [-0.2, 0) is 11.2 Å². The second kappa shape index (κ2) is 7.16. The lowest BCUT2D eigenvalue weighted by Crippen LogP contribution is -2.29. The van der Waals surface area contributed by atoms with Crippen molar-refractivity contribution < 1.29 is 13.6 Å². The van der Waals surface area contributed by atoms with Gasteiger partial charge in [-0.05, 0) is 36.6 Å². The van der Waals surface area contributed by atoms with E-state index in [1.54, 1.807) is 18.9 Å². The molecule has 0 N–H and O–H groups in total. The quantitative estimate of drug-likeness (QED) is 0.813. The van der Waals surface area contributed by atoms with Crippen LogP contribution in [0.3, 0.4) is 0 Å². The van der Waals surface area contributed by atoms with Crippen molar-refractivity contribution in [2.75, 3.05) is 7.05 Å². The number of rotatable bonds is 5. The Bertz CT molecular complexity index is 643. The maximum absolute atomic E-state index is 13.3. The first-order chi connectivity index (χ1) is 10.5. The summed E-state index contributed by atoms with van der Waals surface area (Å²) in [6.45, 7) is 1.80. The summed E-state index contributed by atoms with van der Waals surface area (Å²) in [5.41, 5.74) is 1.68. The highest BCUT2D eigenvalue weighted by atomic mass is 19.2. The Morgan fingerprint density at radius 2 is 1.77 bits per heavy atom. The van der Waals surface area contributed by atoms with Crippen LogP contribution in [-0.4, -0.2) is 17.9 Å². The molecule has 1 unspecified atom stereocenters. The molecule has 0 aliphatic rings. The Morgan fingerprint density at radius 1 is 1.09 bits per heavy atom. The van der Waals surface area contributed by atoms with E-state index in [-0.39, 0.29) is 11.9 Å². The van der Waals surface area contributed by atoms with Crippen molar-refractivity contribution in [2.45, 2.75) is 25.8 Å². The van der Waals surface area contributed by atoms with Gasteiger partial charge in [-0.1, -0.05) is 36.4 Å². The van der Waals surface area contributed by atoms with Crippen molar-refractivity contribution in [2.24, 2.45) is 0 Å². The zero-order valence-corrected chi connectivity index (χ0v) is 12.7. The highest BCUT2D eigenvalue weighted by Crippen LogP contribution is 2.21. The molecule has 0 saturated heterocycles. The Labute approximate surface area is 129 Å². The number of aryl methyl sites for hydroxylation is 1. The van der Waals surface area contributed by atoms with E-state index in [0.717, 1.165) is 17.7 Å². The first kappa shape index (κ1) is 16.1. The van der Waals surface area contributed by atoms with E-state index in [4.69, 9.17) is 0 Å². The zero-order valence-electron chi connectivity index (χ0n) is 12.7. The molecule has 2 rings (SSSR count). The number of carbonyl (C=O) groups excluding carboxylic acids is 1. The molecule has 0 radical (unpaired) electrons. The first-order valence-corrected chi connectivity index (χ1v) is 7.23. The van der Waals surface area contributed by atoms with Crippen LogP contribution in [0.1, 0.15) is 30.5 Å². The third-order valence-electron chi connectivity index (χ3n) is 3.87. The van der Waals surface area contributed by atoms with Crippen LogP contribution in [0.5, 0.6) is 0 Å². The van der Waals surface area contributed by atoms with Crippen LogP contribution in [0.2, 0.25) is 0 Å². The number of carbonyl (C=O) groups is 1. The molecule has 116 valence electrons. The van der Waals surface area contributed by atoms with Gasteiger partial charge in [0.1, 0.15) is 0 Å². The summed E-state index contributed by atoms with van der Waals surface area (Å²) >= 11 is 0. The second-order valence-electron chi connectivity index (χ2n) is 5.34. The molecule has 2 aromatic carbocycles. The van der Waals surface area contributed by atoms with E-state index in [2.05, 4.69) is 0 Å². The summed E-state index contributed by atoms with van der Waals surface area (Å²) in [7, 11) is 1.68. The van der Waals surface area contributed by atoms with Crippen molar-refractivity contribution in [3.63, 3.8) is 0 Å². The highest BCUT2D eigenvalue weighted by molar-refractivity contribution is 5.76. The molecule has 0 saturated carbocycles. The van der Waals surface area contributed by atoms with E-state index in [1.807, 2.05) is 30.3 Å². The normalized spacial score (nSPS) is 12.0. The summed E-state index contributed by atoms with van der Waals surface area (Å²) in [5.74, 6) is -1.80.